The Bertz CT molecular complexity index is 191. The molecule has 4 nitrogen and oxygen atoms in total. The Kier molecular flexibility index (Phi) is 11.6. The maximum absolute atomic E-state index is 5.49. The first-order chi connectivity index (χ1) is 8.92. The summed E-state index contributed by atoms with van der Waals surface area (Å²) in [5.74, 6) is 0. The van der Waals surface area contributed by atoms with Gasteiger partial charge in [-0.25, -0.2) is 0 Å². The van der Waals surface area contributed by atoms with E-state index in [-0.39, 0.29) is 0 Å². The number of nitrogens with one attached hydrogen (secondary N) is 2. The first-order valence-corrected chi connectivity index (χ1v) is 7.51. The van der Waals surface area contributed by atoms with E-state index >= 15 is 0 Å². The van der Waals surface area contributed by atoms with Gasteiger partial charge in [0.15, 0.2) is 0 Å². The van der Waals surface area contributed by atoms with Gasteiger partial charge in [-0.05, 0) is 18.4 Å². The van der Waals surface area contributed by atoms with Crippen molar-refractivity contribution in [2.45, 2.75) is 47.1 Å². The van der Waals surface area contributed by atoms with Crippen LogP contribution in [0.25, 0.3) is 0 Å². The van der Waals surface area contributed by atoms with Gasteiger partial charge in [-0.3, -0.25) is 0 Å². The van der Waals surface area contributed by atoms with Crippen LogP contribution in [0.3, 0.4) is 0 Å². The van der Waals surface area contributed by atoms with Crippen LogP contribution in [-0.4, -0.2) is 52.1 Å². The summed E-state index contributed by atoms with van der Waals surface area (Å²) in [6.07, 6.45) is 1.19. The molecule has 0 saturated heterocycles. The molecule has 116 valence electrons. The predicted octanol–water partition coefficient (Wildman–Crippen LogP) is 2.04. The SMILES string of the molecule is CC(C)NCCOCCOCCNCCC(C)(C)C. The van der Waals surface area contributed by atoms with Crippen LogP contribution in [0.4, 0.5) is 0 Å². The maximum Gasteiger partial charge on any atom is 0.0701 e. The minimum Gasteiger partial charge on any atom is -0.378 e. The molecule has 0 aromatic carbocycles. The lowest BCUT2D eigenvalue weighted by Gasteiger charge is -2.18. The van der Waals surface area contributed by atoms with Crippen LogP contribution < -0.4 is 10.6 Å². The van der Waals surface area contributed by atoms with Crippen LogP contribution >= 0.6 is 0 Å². The third-order valence-corrected chi connectivity index (χ3v) is 2.65. The number of ether oxygens (including phenoxy) is 2. The van der Waals surface area contributed by atoms with Gasteiger partial charge in [0.1, 0.15) is 0 Å². The van der Waals surface area contributed by atoms with Gasteiger partial charge in [0.05, 0.1) is 26.4 Å². The first kappa shape index (κ1) is 18.8. The van der Waals surface area contributed by atoms with Gasteiger partial charge in [-0.1, -0.05) is 34.6 Å². The van der Waals surface area contributed by atoms with Crippen molar-refractivity contribution < 1.29 is 9.47 Å². The monoisotopic (exact) mass is 274 g/mol. The molecule has 0 aliphatic rings. The quantitative estimate of drug-likeness (QED) is 0.535. The fourth-order valence-electron chi connectivity index (χ4n) is 1.47. The van der Waals surface area contributed by atoms with E-state index in [0.29, 0.717) is 24.7 Å². The summed E-state index contributed by atoms with van der Waals surface area (Å²) in [4.78, 5) is 0. The third-order valence-electron chi connectivity index (χ3n) is 2.65. The molecule has 0 atom stereocenters. The molecule has 0 aliphatic heterocycles. The molecule has 2 N–H and O–H groups in total. The summed E-state index contributed by atoms with van der Waals surface area (Å²) < 4.78 is 10.9. The molecule has 4 heteroatoms. The van der Waals surface area contributed by atoms with Crippen molar-refractivity contribution in [1.29, 1.82) is 0 Å². The summed E-state index contributed by atoms with van der Waals surface area (Å²) in [5.41, 5.74) is 0.408. The minimum absolute atomic E-state index is 0.408. The molecule has 0 aromatic heterocycles. The van der Waals surface area contributed by atoms with Gasteiger partial charge in [0, 0.05) is 19.1 Å². The molecule has 0 aromatic rings. The first-order valence-electron chi connectivity index (χ1n) is 7.51. The molecule has 0 saturated carbocycles. The lowest BCUT2D eigenvalue weighted by molar-refractivity contribution is 0.0494. The van der Waals surface area contributed by atoms with E-state index in [2.05, 4.69) is 45.3 Å². The highest BCUT2D eigenvalue weighted by molar-refractivity contribution is 4.62. The second-order valence-corrected chi connectivity index (χ2v) is 6.39. The molecule has 0 rings (SSSR count). The van der Waals surface area contributed by atoms with Crippen molar-refractivity contribution in [3.63, 3.8) is 0 Å². The zero-order chi connectivity index (χ0) is 14.6. The predicted molar refractivity (Wildman–Crippen MR) is 81.7 cm³/mol. The van der Waals surface area contributed by atoms with Crippen LogP contribution in [0.1, 0.15) is 41.0 Å². The minimum atomic E-state index is 0.408. The van der Waals surface area contributed by atoms with Gasteiger partial charge in [0.2, 0.25) is 0 Å². The molecule has 19 heavy (non-hydrogen) atoms. The largest absolute Gasteiger partial charge is 0.378 e. The van der Waals surface area contributed by atoms with Crippen molar-refractivity contribution in [2.24, 2.45) is 5.41 Å². The summed E-state index contributed by atoms with van der Waals surface area (Å²) in [6.45, 7) is 16.8. The fourth-order valence-corrected chi connectivity index (χ4v) is 1.47. The summed E-state index contributed by atoms with van der Waals surface area (Å²) in [6, 6.07) is 0.527. The van der Waals surface area contributed by atoms with Crippen LogP contribution in [-0.2, 0) is 9.47 Å². The van der Waals surface area contributed by atoms with Crippen molar-refractivity contribution >= 4 is 0 Å². The van der Waals surface area contributed by atoms with Gasteiger partial charge in [-0.2, -0.15) is 0 Å². The van der Waals surface area contributed by atoms with Crippen LogP contribution in [0.5, 0.6) is 0 Å². The molecule has 0 amide bonds. The highest BCUT2D eigenvalue weighted by Gasteiger charge is 2.08. The van der Waals surface area contributed by atoms with Crippen molar-refractivity contribution in [2.75, 3.05) is 46.1 Å². The average Bonchev–Trinajstić information content (AvgIpc) is 2.28. The number of rotatable bonds is 12. The lowest BCUT2D eigenvalue weighted by atomic mass is 9.92. The summed E-state index contributed by atoms with van der Waals surface area (Å²) >= 11 is 0. The van der Waals surface area contributed by atoms with Crippen LogP contribution in [0, 0.1) is 5.41 Å². The summed E-state index contributed by atoms with van der Waals surface area (Å²) in [7, 11) is 0. The highest BCUT2D eigenvalue weighted by Crippen LogP contribution is 2.16. The Balaban J connectivity index is 3.03. The van der Waals surface area contributed by atoms with E-state index in [0.717, 1.165) is 32.8 Å². The molecular weight excluding hydrogens is 240 g/mol. The molecule has 0 bridgehead atoms. The Morgan fingerprint density at radius 1 is 0.842 bits per heavy atom. The van der Waals surface area contributed by atoms with E-state index in [1.807, 2.05) is 0 Å². The molecule has 0 spiro atoms. The molecule has 0 fully saturated rings. The van der Waals surface area contributed by atoms with E-state index in [1.165, 1.54) is 6.42 Å². The number of hydrogen-bond acceptors (Lipinski definition) is 4. The standard InChI is InChI=1S/C15H34N2O2/c1-14(2)17-9-11-19-13-12-18-10-8-16-7-6-15(3,4)5/h14,16-17H,6-13H2,1-5H3. The molecule has 0 radical (unpaired) electrons. The maximum atomic E-state index is 5.49. The second kappa shape index (κ2) is 11.6. The van der Waals surface area contributed by atoms with Crippen LogP contribution in [0.15, 0.2) is 0 Å². The Morgan fingerprint density at radius 3 is 1.95 bits per heavy atom. The van der Waals surface area contributed by atoms with E-state index in [4.69, 9.17) is 9.47 Å². The fraction of sp³-hybridized carbons (Fsp3) is 1.00. The topological polar surface area (TPSA) is 42.5 Å². The zero-order valence-corrected chi connectivity index (χ0v) is 13.6. The van der Waals surface area contributed by atoms with E-state index in [9.17, 15) is 0 Å². The Morgan fingerprint density at radius 2 is 1.42 bits per heavy atom. The third kappa shape index (κ3) is 17.8. The molecule has 0 heterocycles. The Labute approximate surface area is 119 Å². The van der Waals surface area contributed by atoms with Gasteiger partial charge in [-0.15, -0.1) is 0 Å². The van der Waals surface area contributed by atoms with Crippen molar-refractivity contribution in [1.82, 2.24) is 10.6 Å². The van der Waals surface area contributed by atoms with E-state index in [1.54, 1.807) is 0 Å². The van der Waals surface area contributed by atoms with Gasteiger partial charge < -0.3 is 20.1 Å². The van der Waals surface area contributed by atoms with Crippen LogP contribution in [0.2, 0.25) is 0 Å². The molecule has 0 unspecified atom stereocenters. The molecule has 0 aliphatic carbocycles. The average molecular weight is 274 g/mol. The Hall–Kier alpha value is -0.160. The smallest absolute Gasteiger partial charge is 0.0701 e. The van der Waals surface area contributed by atoms with Gasteiger partial charge in [0.25, 0.3) is 0 Å². The van der Waals surface area contributed by atoms with E-state index < -0.39 is 0 Å². The normalized spacial score (nSPS) is 12.3. The lowest BCUT2D eigenvalue weighted by Crippen LogP contribution is -2.27. The number of hydrogen-bond donors (Lipinski definition) is 2. The van der Waals surface area contributed by atoms with Crippen molar-refractivity contribution in [3.8, 4) is 0 Å². The zero-order valence-electron chi connectivity index (χ0n) is 13.6. The highest BCUT2D eigenvalue weighted by atomic mass is 16.5. The molecular formula is C15H34N2O2. The second-order valence-electron chi connectivity index (χ2n) is 6.39. The van der Waals surface area contributed by atoms with Gasteiger partial charge >= 0.3 is 0 Å². The summed E-state index contributed by atoms with van der Waals surface area (Å²) in [5, 5.41) is 6.70. The van der Waals surface area contributed by atoms with Crippen molar-refractivity contribution in [3.05, 3.63) is 0 Å².